The Kier molecular flexibility index (Phi) is 5.36. The molecule has 2 saturated heterocycles. The molecule has 13 atom stereocenters. The van der Waals surface area contributed by atoms with Gasteiger partial charge < -0.3 is 19.8 Å². The normalized spacial score (nSPS) is 57.1. The highest BCUT2D eigenvalue weighted by molar-refractivity contribution is 5.74. The second-order valence-electron chi connectivity index (χ2n) is 14.0. The van der Waals surface area contributed by atoms with Crippen LogP contribution in [0.25, 0.3) is 0 Å². The number of ether oxygens (including phenoxy) is 1. The second-order valence-corrected chi connectivity index (χ2v) is 14.0. The minimum Gasteiger partial charge on any atom is -0.393 e. The van der Waals surface area contributed by atoms with E-state index in [1.54, 1.807) is 6.92 Å². The van der Waals surface area contributed by atoms with Gasteiger partial charge in [0.25, 0.3) is 0 Å². The summed E-state index contributed by atoms with van der Waals surface area (Å²) in [5.74, 6) is 4.15. The molecule has 4 aliphatic carbocycles. The molecule has 192 valence electrons. The zero-order chi connectivity index (χ0) is 24.2. The van der Waals surface area contributed by atoms with Gasteiger partial charge in [0, 0.05) is 19.4 Å². The summed E-state index contributed by atoms with van der Waals surface area (Å²) >= 11 is 0. The van der Waals surface area contributed by atoms with Crippen LogP contribution in [0.1, 0.15) is 92.4 Å². The van der Waals surface area contributed by atoms with Gasteiger partial charge in [-0.2, -0.15) is 0 Å². The number of rotatable bonds is 2. The molecule has 2 heterocycles. The lowest BCUT2D eigenvalue weighted by Gasteiger charge is -2.53. The maximum atomic E-state index is 12.6. The number of aliphatic hydroxyl groups excluding tert-OH is 2. The zero-order valence-electron chi connectivity index (χ0n) is 22.0. The first-order valence-electron chi connectivity index (χ1n) is 14.4. The van der Waals surface area contributed by atoms with Gasteiger partial charge in [0.05, 0.1) is 23.9 Å². The third-order valence-electron chi connectivity index (χ3n) is 12.6. The Hall–Kier alpha value is -0.650. The highest BCUT2D eigenvalue weighted by Gasteiger charge is 2.78. The lowest BCUT2D eigenvalue weighted by molar-refractivity contribution is -0.142. The summed E-state index contributed by atoms with van der Waals surface area (Å²) in [6.07, 6.45) is 9.55. The summed E-state index contributed by atoms with van der Waals surface area (Å²) in [6, 6.07) is -0.141. The van der Waals surface area contributed by atoms with Crippen molar-refractivity contribution in [1.82, 2.24) is 4.90 Å². The maximum Gasteiger partial charge on any atom is 0.219 e. The third kappa shape index (κ3) is 3.05. The van der Waals surface area contributed by atoms with Crippen LogP contribution in [-0.2, 0) is 9.53 Å². The topological polar surface area (TPSA) is 73.3 Å². The number of amides is 1. The number of hydrogen-bond donors (Lipinski definition) is 2. The lowest BCUT2D eigenvalue weighted by Crippen LogP contribution is -2.60. The molecule has 0 unspecified atom stereocenters. The SMILES string of the molecule is CC(=O)N1C[C@@H](C)C[C@@H](O)[C@@H]1[C@@H](C)[C@]12CC[C@H]3[C@@H]4CC[C@H]5C[C@@H](O)CC[C@]5(C)[C@H]4C[C@H]3[C@@]1(C)O2. The van der Waals surface area contributed by atoms with Crippen LogP contribution in [0, 0.1) is 46.8 Å². The average Bonchev–Trinajstić information content (AvgIpc) is 3.23. The number of piperidine rings is 1. The molecule has 6 rings (SSSR count). The van der Waals surface area contributed by atoms with Gasteiger partial charge in [-0.25, -0.2) is 0 Å². The Morgan fingerprint density at radius 3 is 2.47 bits per heavy atom. The summed E-state index contributed by atoms with van der Waals surface area (Å²) in [6.45, 7) is 11.7. The first-order chi connectivity index (χ1) is 16.0. The molecule has 0 aromatic rings. The van der Waals surface area contributed by atoms with E-state index in [2.05, 4.69) is 27.7 Å². The van der Waals surface area contributed by atoms with Crippen LogP contribution in [-0.4, -0.2) is 57.0 Å². The van der Waals surface area contributed by atoms with E-state index >= 15 is 0 Å². The van der Waals surface area contributed by atoms with Crippen molar-refractivity contribution in [2.45, 2.75) is 122 Å². The molecule has 1 amide bonds. The largest absolute Gasteiger partial charge is 0.393 e. The Bertz CT molecular complexity index is 848. The molecule has 0 bridgehead atoms. The van der Waals surface area contributed by atoms with E-state index in [4.69, 9.17) is 4.74 Å². The molecule has 0 spiro atoms. The molecule has 5 nitrogen and oxygen atoms in total. The van der Waals surface area contributed by atoms with Crippen molar-refractivity contribution in [2.24, 2.45) is 46.8 Å². The highest BCUT2D eigenvalue weighted by Crippen LogP contribution is 2.74. The highest BCUT2D eigenvalue weighted by atomic mass is 16.6. The molecule has 0 radical (unpaired) electrons. The molecular weight excluding hydrogens is 426 g/mol. The van der Waals surface area contributed by atoms with Crippen molar-refractivity contribution >= 4 is 5.91 Å². The van der Waals surface area contributed by atoms with Crippen LogP contribution in [0.3, 0.4) is 0 Å². The number of carbonyl (C=O) groups excluding carboxylic acids is 1. The first-order valence-corrected chi connectivity index (χ1v) is 14.4. The third-order valence-corrected chi connectivity index (χ3v) is 12.6. The monoisotopic (exact) mass is 473 g/mol. The predicted molar refractivity (Wildman–Crippen MR) is 131 cm³/mol. The van der Waals surface area contributed by atoms with Crippen molar-refractivity contribution < 1.29 is 19.7 Å². The summed E-state index contributed by atoms with van der Waals surface area (Å²) in [5.41, 5.74) is 0.0444. The van der Waals surface area contributed by atoms with E-state index in [-0.39, 0.29) is 35.2 Å². The maximum absolute atomic E-state index is 12.6. The molecule has 34 heavy (non-hydrogen) atoms. The first kappa shape index (κ1) is 23.7. The van der Waals surface area contributed by atoms with Crippen LogP contribution in [0.15, 0.2) is 0 Å². The van der Waals surface area contributed by atoms with Crippen molar-refractivity contribution in [1.29, 1.82) is 0 Å². The summed E-state index contributed by atoms with van der Waals surface area (Å²) < 4.78 is 6.89. The van der Waals surface area contributed by atoms with E-state index in [0.29, 0.717) is 23.2 Å². The van der Waals surface area contributed by atoms with Gasteiger partial charge in [0.15, 0.2) is 0 Å². The van der Waals surface area contributed by atoms with E-state index in [0.717, 1.165) is 50.0 Å². The number of aliphatic hydroxyl groups is 2. The average molecular weight is 474 g/mol. The lowest BCUT2D eigenvalue weighted by atomic mass is 9.52. The molecule has 2 N–H and O–H groups in total. The van der Waals surface area contributed by atoms with Gasteiger partial charge in [-0.1, -0.05) is 20.8 Å². The minimum atomic E-state index is -0.470. The van der Waals surface area contributed by atoms with E-state index < -0.39 is 6.10 Å². The standard InChI is InChI=1S/C29H47NO4/c1-16-12-25(33)26(30(15-16)18(3)31)17(2)29-11-9-22-21-7-6-19-13-20(32)8-10-27(19,4)23(21)14-24(22)28(29,5)34-29/h16-17,19-26,32-33H,6-15H2,1-5H3/t16-,17+,19-,20-,21-,22-,23-,24+,25+,26-,27-,28+,29+/m0/s1. The number of carbonyl (C=O) groups is 1. The van der Waals surface area contributed by atoms with Crippen LogP contribution in [0.5, 0.6) is 0 Å². The van der Waals surface area contributed by atoms with Gasteiger partial charge in [-0.15, -0.1) is 0 Å². The number of nitrogens with zero attached hydrogens (tertiary/aromatic N) is 1. The van der Waals surface area contributed by atoms with Gasteiger partial charge in [-0.05, 0) is 106 Å². The fraction of sp³-hybridized carbons (Fsp3) is 0.966. The summed E-state index contributed by atoms with van der Waals surface area (Å²) in [5, 5.41) is 21.5. The molecular formula is C29H47NO4. The molecule has 4 saturated carbocycles. The molecule has 2 aliphatic heterocycles. The fourth-order valence-corrected chi connectivity index (χ4v) is 10.9. The van der Waals surface area contributed by atoms with Gasteiger partial charge in [0.2, 0.25) is 5.91 Å². The minimum absolute atomic E-state index is 0.0835. The number of hydrogen-bond acceptors (Lipinski definition) is 4. The van der Waals surface area contributed by atoms with Gasteiger partial charge >= 0.3 is 0 Å². The van der Waals surface area contributed by atoms with E-state index in [1.807, 2.05) is 4.90 Å². The van der Waals surface area contributed by atoms with Crippen molar-refractivity contribution in [3.8, 4) is 0 Å². The quantitative estimate of drug-likeness (QED) is 0.584. The Balaban J connectivity index is 1.26. The van der Waals surface area contributed by atoms with E-state index in [1.165, 1.54) is 32.1 Å². The van der Waals surface area contributed by atoms with Gasteiger partial charge in [-0.3, -0.25) is 4.79 Å². The number of fused-ring (bicyclic) bond motifs is 7. The Morgan fingerprint density at radius 1 is 1.00 bits per heavy atom. The van der Waals surface area contributed by atoms with Gasteiger partial charge in [0.1, 0.15) is 5.60 Å². The molecule has 6 aliphatic rings. The van der Waals surface area contributed by atoms with Crippen LogP contribution >= 0.6 is 0 Å². The van der Waals surface area contributed by atoms with E-state index in [9.17, 15) is 15.0 Å². The zero-order valence-corrected chi connectivity index (χ0v) is 22.0. The Labute approximate surface area is 206 Å². The second kappa shape index (κ2) is 7.68. The molecule has 5 heteroatoms. The number of epoxide rings is 1. The summed E-state index contributed by atoms with van der Waals surface area (Å²) in [4.78, 5) is 14.5. The van der Waals surface area contributed by atoms with Crippen molar-refractivity contribution in [3.63, 3.8) is 0 Å². The fourth-order valence-electron chi connectivity index (χ4n) is 10.9. The van der Waals surface area contributed by atoms with Crippen molar-refractivity contribution in [3.05, 3.63) is 0 Å². The predicted octanol–water partition coefficient (Wildman–Crippen LogP) is 4.39. The molecule has 6 fully saturated rings. The molecule has 0 aromatic heterocycles. The Morgan fingerprint density at radius 2 is 1.74 bits per heavy atom. The smallest absolute Gasteiger partial charge is 0.219 e. The summed E-state index contributed by atoms with van der Waals surface area (Å²) in [7, 11) is 0. The van der Waals surface area contributed by atoms with Crippen LogP contribution in [0.2, 0.25) is 0 Å². The number of likely N-dealkylation sites (tertiary alicyclic amines) is 1. The van der Waals surface area contributed by atoms with Crippen LogP contribution in [0.4, 0.5) is 0 Å². The molecule has 0 aromatic carbocycles. The van der Waals surface area contributed by atoms with Crippen molar-refractivity contribution in [2.75, 3.05) is 6.54 Å². The van der Waals surface area contributed by atoms with Crippen LogP contribution < -0.4 is 0 Å².